The molecule has 0 aliphatic carbocycles. The van der Waals surface area contributed by atoms with Gasteiger partial charge in [-0.2, -0.15) is 0 Å². The molecule has 0 spiro atoms. The molecule has 0 saturated carbocycles. The van der Waals surface area contributed by atoms with Crippen molar-refractivity contribution in [2.45, 2.75) is 6.92 Å². The number of carboxylic acid groups (broad SMARTS) is 1. The molecule has 92 valence electrons. The summed E-state index contributed by atoms with van der Waals surface area (Å²) in [5.74, 6) is -0.917. The number of carbonyl (C=O) groups is 1. The first kappa shape index (κ1) is 12.6. The Bertz CT molecular complexity index is 559. The quantitative estimate of drug-likeness (QED) is 0.893. The standard InChI is InChI=1S/C14H12BrNO2/c1-9-6-11(15)8-13(7-9)16-12-4-2-10(3-5-12)14(17)18/h2-8,16H,1H3,(H,17,18). The van der Waals surface area contributed by atoms with Gasteiger partial charge in [-0.15, -0.1) is 0 Å². The van der Waals surface area contributed by atoms with Crippen LogP contribution in [0.2, 0.25) is 0 Å². The molecule has 0 unspecified atom stereocenters. The molecule has 0 atom stereocenters. The molecule has 0 saturated heterocycles. The van der Waals surface area contributed by atoms with Crippen molar-refractivity contribution in [3.05, 3.63) is 58.1 Å². The van der Waals surface area contributed by atoms with Crippen LogP contribution in [0.1, 0.15) is 15.9 Å². The second-order valence-electron chi connectivity index (χ2n) is 4.02. The van der Waals surface area contributed by atoms with Gasteiger partial charge in [0.1, 0.15) is 0 Å². The van der Waals surface area contributed by atoms with Crippen molar-refractivity contribution in [2.75, 3.05) is 5.32 Å². The zero-order valence-corrected chi connectivity index (χ0v) is 11.4. The van der Waals surface area contributed by atoms with Crippen LogP contribution in [-0.4, -0.2) is 11.1 Å². The van der Waals surface area contributed by atoms with Gasteiger partial charge >= 0.3 is 5.97 Å². The van der Waals surface area contributed by atoms with E-state index in [2.05, 4.69) is 21.2 Å². The number of hydrogen-bond donors (Lipinski definition) is 2. The molecule has 4 heteroatoms. The Morgan fingerprint density at radius 2 is 1.78 bits per heavy atom. The van der Waals surface area contributed by atoms with Gasteiger partial charge in [0.25, 0.3) is 0 Å². The number of aryl methyl sites for hydroxylation is 1. The highest BCUT2D eigenvalue weighted by atomic mass is 79.9. The highest BCUT2D eigenvalue weighted by molar-refractivity contribution is 9.10. The summed E-state index contributed by atoms with van der Waals surface area (Å²) in [5.41, 5.74) is 3.25. The average molecular weight is 306 g/mol. The highest BCUT2D eigenvalue weighted by Gasteiger charge is 2.02. The number of hydrogen-bond acceptors (Lipinski definition) is 2. The molecule has 3 nitrogen and oxygen atoms in total. The van der Waals surface area contributed by atoms with Crippen molar-refractivity contribution in [1.82, 2.24) is 0 Å². The van der Waals surface area contributed by atoms with Crippen LogP contribution < -0.4 is 5.32 Å². The molecule has 0 aliphatic rings. The molecule has 0 radical (unpaired) electrons. The average Bonchev–Trinajstić information content (AvgIpc) is 2.28. The Balaban J connectivity index is 2.20. The van der Waals surface area contributed by atoms with Crippen molar-refractivity contribution >= 4 is 33.3 Å². The zero-order valence-electron chi connectivity index (χ0n) is 9.77. The third kappa shape index (κ3) is 3.11. The number of nitrogens with one attached hydrogen (secondary N) is 1. The summed E-state index contributed by atoms with van der Waals surface area (Å²) in [5, 5.41) is 12.0. The van der Waals surface area contributed by atoms with E-state index in [1.165, 1.54) is 0 Å². The van der Waals surface area contributed by atoms with Crippen LogP contribution in [0.3, 0.4) is 0 Å². The van der Waals surface area contributed by atoms with Gasteiger partial charge in [0.05, 0.1) is 5.56 Å². The first-order valence-corrected chi connectivity index (χ1v) is 6.21. The number of benzene rings is 2. The van der Waals surface area contributed by atoms with Crippen LogP contribution >= 0.6 is 15.9 Å². The predicted molar refractivity (Wildman–Crippen MR) is 75.6 cm³/mol. The minimum absolute atomic E-state index is 0.283. The van der Waals surface area contributed by atoms with Crippen molar-refractivity contribution in [2.24, 2.45) is 0 Å². The van der Waals surface area contributed by atoms with E-state index in [1.54, 1.807) is 24.3 Å². The van der Waals surface area contributed by atoms with E-state index in [4.69, 9.17) is 5.11 Å². The molecule has 0 heterocycles. The molecule has 2 N–H and O–H groups in total. The Kier molecular flexibility index (Phi) is 3.67. The second-order valence-corrected chi connectivity index (χ2v) is 4.94. The largest absolute Gasteiger partial charge is 0.478 e. The topological polar surface area (TPSA) is 49.3 Å². The van der Waals surface area contributed by atoms with Gasteiger partial charge in [-0.1, -0.05) is 15.9 Å². The Hall–Kier alpha value is -1.81. The molecule has 0 bridgehead atoms. The Labute approximate surface area is 114 Å². The SMILES string of the molecule is Cc1cc(Br)cc(Nc2ccc(C(=O)O)cc2)c1. The lowest BCUT2D eigenvalue weighted by Crippen LogP contribution is -1.96. The first-order chi connectivity index (χ1) is 8.54. The summed E-state index contributed by atoms with van der Waals surface area (Å²) in [4.78, 5) is 10.7. The third-order valence-electron chi connectivity index (χ3n) is 2.46. The molecular formula is C14H12BrNO2. The van der Waals surface area contributed by atoms with Gasteiger partial charge in [0.2, 0.25) is 0 Å². The maximum Gasteiger partial charge on any atom is 0.335 e. The highest BCUT2D eigenvalue weighted by Crippen LogP contribution is 2.22. The van der Waals surface area contributed by atoms with Crippen LogP contribution in [0.25, 0.3) is 0 Å². The summed E-state index contributed by atoms with van der Waals surface area (Å²) in [6, 6.07) is 12.7. The van der Waals surface area contributed by atoms with Crippen molar-refractivity contribution in [3.8, 4) is 0 Å². The number of carboxylic acids is 1. The number of aromatic carboxylic acids is 1. The lowest BCUT2D eigenvalue weighted by molar-refractivity contribution is 0.0697. The van der Waals surface area contributed by atoms with Crippen LogP contribution in [0.5, 0.6) is 0 Å². The minimum atomic E-state index is -0.917. The summed E-state index contributed by atoms with van der Waals surface area (Å²) >= 11 is 3.44. The van der Waals surface area contributed by atoms with E-state index in [0.29, 0.717) is 0 Å². The number of anilines is 2. The van der Waals surface area contributed by atoms with E-state index < -0.39 is 5.97 Å². The third-order valence-corrected chi connectivity index (χ3v) is 2.92. The van der Waals surface area contributed by atoms with E-state index >= 15 is 0 Å². The minimum Gasteiger partial charge on any atom is -0.478 e. The summed E-state index contributed by atoms with van der Waals surface area (Å²) in [6.45, 7) is 2.02. The summed E-state index contributed by atoms with van der Waals surface area (Å²) in [6.07, 6.45) is 0. The van der Waals surface area contributed by atoms with Gasteiger partial charge in [-0.25, -0.2) is 4.79 Å². The van der Waals surface area contributed by atoms with Gasteiger partial charge in [-0.05, 0) is 55.0 Å². The van der Waals surface area contributed by atoms with Crippen LogP contribution in [0, 0.1) is 6.92 Å². The summed E-state index contributed by atoms with van der Waals surface area (Å²) in [7, 11) is 0. The Morgan fingerprint density at radius 3 is 2.33 bits per heavy atom. The van der Waals surface area contributed by atoms with E-state index in [0.717, 1.165) is 21.4 Å². The van der Waals surface area contributed by atoms with E-state index in [1.807, 2.05) is 25.1 Å². The van der Waals surface area contributed by atoms with Gasteiger partial charge in [0.15, 0.2) is 0 Å². The lowest BCUT2D eigenvalue weighted by atomic mass is 10.2. The fourth-order valence-electron chi connectivity index (χ4n) is 1.67. The zero-order chi connectivity index (χ0) is 13.1. The van der Waals surface area contributed by atoms with Gasteiger partial charge < -0.3 is 10.4 Å². The molecule has 0 aromatic heterocycles. The first-order valence-electron chi connectivity index (χ1n) is 5.42. The van der Waals surface area contributed by atoms with E-state index in [-0.39, 0.29) is 5.56 Å². The fourth-order valence-corrected chi connectivity index (χ4v) is 2.28. The van der Waals surface area contributed by atoms with E-state index in [9.17, 15) is 4.79 Å². The maximum absolute atomic E-state index is 10.7. The molecule has 0 fully saturated rings. The van der Waals surface area contributed by atoms with Crippen LogP contribution in [-0.2, 0) is 0 Å². The van der Waals surface area contributed by atoms with Crippen LogP contribution in [0.15, 0.2) is 46.9 Å². The molecule has 0 aliphatic heterocycles. The molecule has 2 aromatic carbocycles. The van der Waals surface area contributed by atoms with Gasteiger partial charge in [-0.3, -0.25) is 0 Å². The molecule has 2 rings (SSSR count). The summed E-state index contributed by atoms with van der Waals surface area (Å²) < 4.78 is 1.01. The number of rotatable bonds is 3. The monoisotopic (exact) mass is 305 g/mol. The van der Waals surface area contributed by atoms with Crippen molar-refractivity contribution < 1.29 is 9.90 Å². The predicted octanol–water partition coefficient (Wildman–Crippen LogP) is 4.20. The smallest absolute Gasteiger partial charge is 0.335 e. The molecule has 2 aromatic rings. The normalized spacial score (nSPS) is 10.1. The molecule has 0 amide bonds. The lowest BCUT2D eigenvalue weighted by Gasteiger charge is -2.08. The van der Waals surface area contributed by atoms with Crippen molar-refractivity contribution in [3.63, 3.8) is 0 Å². The number of halogens is 1. The molecular weight excluding hydrogens is 294 g/mol. The van der Waals surface area contributed by atoms with Crippen LogP contribution in [0.4, 0.5) is 11.4 Å². The maximum atomic E-state index is 10.7. The second kappa shape index (κ2) is 5.23. The van der Waals surface area contributed by atoms with Gasteiger partial charge in [0, 0.05) is 15.8 Å². The molecule has 18 heavy (non-hydrogen) atoms. The van der Waals surface area contributed by atoms with Crippen molar-refractivity contribution in [1.29, 1.82) is 0 Å². The Morgan fingerprint density at radius 1 is 1.11 bits per heavy atom. The fraction of sp³-hybridized carbons (Fsp3) is 0.0714.